The van der Waals surface area contributed by atoms with Gasteiger partial charge in [-0.15, -0.1) is 11.3 Å². The van der Waals surface area contributed by atoms with Gasteiger partial charge in [0, 0.05) is 24.2 Å². The van der Waals surface area contributed by atoms with E-state index in [1.165, 1.54) is 0 Å². The summed E-state index contributed by atoms with van der Waals surface area (Å²) in [4.78, 5) is 12.9. The Balaban J connectivity index is 1.90. The Bertz CT molecular complexity index is 671. The standard InChI is InChI=1S/C13H8BrN3S2/c14-11-13(18-10-5-1-2-7-16-10)19-12(17-11)9-4-3-6-15-8-9/h1-8H. The first-order chi connectivity index (χ1) is 9.33. The number of nitrogens with zero attached hydrogens (tertiary/aromatic N) is 3. The van der Waals surface area contributed by atoms with Crippen LogP contribution in [0.1, 0.15) is 0 Å². The molecule has 0 aromatic carbocycles. The molecular weight excluding hydrogens is 342 g/mol. The molecule has 3 aromatic rings. The Kier molecular flexibility index (Phi) is 3.91. The van der Waals surface area contributed by atoms with Crippen LogP contribution in [0.25, 0.3) is 10.6 Å². The van der Waals surface area contributed by atoms with Crippen LogP contribution < -0.4 is 0 Å². The molecule has 3 heterocycles. The Hall–Kier alpha value is -1.24. The van der Waals surface area contributed by atoms with Gasteiger partial charge in [-0.25, -0.2) is 9.97 Å². The molecule has 0 unspecified atom stereocenters. The fourth-order valence-corrected chi connectivity index (χ4v) is 4.17. The van der Waals surface area contributed by atoms with E-state index in [-0.39, 0.29) is 0 Å². The normalized spacial score (nSPS) is 10.6. The highest BCUT2D eigenvalue weighted by atomic mass is 79.9. The highest BCUT2D eigenvalue weighted by Crippen LogP contribution is 2.40. The van der Waals surface area contributed by atoms with Crippen molar-refractivity contribution in [2.75, 3.05) is 0 Å². The first kappa shape index (κ1) is 12.8. The zero-order chi connectivity index (χ0) is 13.1. The second kappa shape index (κ2) is 5.81. The van der Waals surface area contributed by atoms with Crippen molar-refractivity contribution in [3.05, 3.63) is 53.5 Å². The third kappa shape index (κ3) is 3.02. The minimum absolute atomic E-state index is 0.854. The van der Waals surface area contributed by atoms with Crippen LogP contribution in [-0.4, -0.2) is 15.0 Å². The maximum Gasteiger partial charge on any atom is 0.131 e. The van der Waals surface area contributed by atoms with Crippen molar-refractivity contribution in [1.29, 1.82) is 0 Å². The molecule has 0 spiro atoms. The zero-order valence-corrected chi connectivity index (χ0v) is 12.9. The van der Waals surface area contributed by atoms with Crippen molar-refractivity contribution < 1.29 is 0 Å². The maximum atomic E-state index is 4.52. The summed E-state index contributed by atoms with van der Waals surface area (Å²) in [5.74, 6) is 0. The first-order valence-corrected chi connectivity index (χ1v) is 7.91. The average molecular weight is 350 g/mol. The van der Waals surface area contributed by atoms with E-state index < -0.39 is 0 Å². The number of thiazole rings is 1. The molecule has 0 bridgehead atoms. The van der Waals surface area contributed by atoms with Crippen molar-refractivity contribution in [2.24, 2.45) is 0 Å². The lowest BCUT2D eigenvalue weighted by atomic mass is 10.3. The van der Waals surface area contributed by atoms with Crippen LogP contribution in [0.4, 0.5) is 0 Å². The van der Waals surface area contributed by atoms with E-state index >= 15 is 0 Å². The molecule has 0 radical (unpaired) electrons. The molecule has 0 saturated carbocycles. The molecule has 94 valence electrons. The molecular formula is C13H8BrN3S2. The number of halogens is 1. The number of hydrogen-bond acceptors (Lipinski definition) is 5. The van der Waals surface area contributed by atoms with Crippen molar-refractivity contribution >= 4 is 39.0 Å². The van der Waals surface area contributed by atoms with Crippen LogP contribution in [0, 0.1) is 0 Å². The van der Waals surface area contributed by atoms with Crippen LogP contribution in [0.15, 0.2) is 62.8 Å². The predicted molar refractivity (Wildman–Crippen MR) is 81.4 cm³/mol. The second-order valence-electron chi connectivity index (χ2n) is 3.61. The van der Waals surface area contributed by atoms with E-state index in [1.54, 1.807) is 35.5 Å². The summed E-state index contributed by atoms with van der Waals surface area (Å²) in [6.07, 6.45) is 5.37. The molecule has 0 fully saturated rings. The van der Waals surface area contributed by atoms with Gasteiger partial charge in [0.2, 0.25) is 0 Å². The van der Waals surface area contributed by atoms with E-state index in [9.17, 15) is 0 Å². The smallest absolute Gasteiger partial charge is 0.131 e. The van der Waals surface area contributed by atoms with Crippen molar-refractivity contribution in [1.82, 2.24) is 15.0 Å². The molecule has 0 amide bonds. The highest BCUT2D eigenvalue weighted by Gasteiger charge is 2.12. The van der Waals surface area contributed by atoms with Gasteiger partial charge in [0.25, 0.3) is 0 Å². The highest BCUT2D eigenvalue weighted by molar-refractivity contribution is 9.10. The van der Waals surface area contributed by atoms with Crippen LogP contribution >= 0.6 is 39.0 Å². The minimum Gasteiger partial charge on any atom is -0.264 e. The monoisotopic (exact) mass is 349 g/mol. The van der Waals surface area contributed by atoms with E-state index in [4.69, 9.17) is 0 Å². The Morgan fingerprint density at radius 2 is 2.05 bits per heavy atom. The van der Waals surface area contributed by atoms with Gasteiger partial charge in [-0.1, -0.05) is 17.8 Å². The second-order valence-corrected chi connectivity index (χ2v) is 6.65. The molecule has 3 aromatic heterocycles. The van der Waals surface area contributed by atoms with E-state index in [2.05, 4.69) is 30.9 Å². The topological polar surface area (TPSA) is 38.7 Å². The van der Waals surface area contributed by atoms with E-state index in [1.807, 2.05) is 36.5 Å². The van der Waals surface area contributed by atoms with Crippen molar-refractivity contribution in [3.63, 3.8) is 0 Å². The SMILES string of the molecule is Brc1nc(-c2cccnc2)sc1Sc1ccccn1. The van der Waals surface area contributed by atoms with Crippen molar-refractivity contribution in [2.45, 2.75) is 9.24 Å². The van der Waals surface area contributed by atoms with Gasteiger partial charge in [0.1, 0.15) is 18.8 Å². The Morgan fingerprint density at radius 3 is 2.79 bits per heavy atom. The van der Waals surface area contributed by atoms with Crippen LogP contribution in [0.2, 0.25) is 0 Å². The van der Waals surface area contributed by atoms with Gasteiger partial charge in [-0.2, -0.15) is 0 Å². The first-order valence-electron chi connectivity index (χ1n) is 5.48. The summed E-state index contributed by atoms with van der Waals surface area (Å²) in [7, 11) is 0. The summed E-state index contributed by atoms with van der Waals surface area (Å²) in [5.41, 5.74) is 1.03. The summed E-state index contributed by atoms with van der Waals surface area (Å²) in [6.45, 7) is 0. The lowest BCUT2D eigenvalue weighted by Gasteiger charge is -1.96. The van der Waals surface area contributed by atoms with Gasteiger partial charge < -0.3 is 0 Å². The Morgan fingerprint density at radius 1 is 1.11 bits per heavy atom. The largest absolute Gasteiger partial charge is 0.264 e. The van der Waals surface area contributed by atoms with Crippen molar-refractivity contribution in [3.8, 4) is 10.6 Å². The molecule has 0 atom stereocenters. The van der Waals surface area contributed by atoms with Crippen LogP contribution in [0.3, 0.4) is 0 Å². The number of rotatable bonds is 3. The molecule has 0 aliphatic rings. The van der Waals surface area contributed by atoms with Crippen LogP contribution in [-0.2, 0) is 0 Å². The summed E-state index contributed by atoms with van der Waals surface area (Å²) in [6, 6.07) is 9.80. The lowest BCUT2D eigenvalue weighted by Crippen LogP contribution is -1.76. The molecule has 3 nitrogen and oxygen atoms in total. The van der Waals surface area contributed by atoms with Gasteiger partial charge in [-0.05, 0) is 40.2 Å². The molecule has 0 saturated heterocycles. The quantitative estimate of drug-likeness (QED) is 0.697. The molecule has 3 rings (SSSR count). The minimum atomic E-state index is 0.854. The number of pyridine rings is 2. The van der Waals surface area contributed by atoms with E-state index in [0.29, 0.717) is 0 Å². The summed E-state index contributed by atoms with van der Waals surface area (Å²) >= 11 is 6.74. The molecule has 0 aliphatic heterocycles. The third-order valence-electron chi connectivity index (χ3n) is 2.30. The molecule has 0 N–H and O–H groups in total. The zero-order valence-electron chi connectivity index (χ0n) is 9.65. The van der Waals surface area contributed by atoms with Gasteiger partial charge in [0.05, 0.1) is 0 Å². The van der Waals surface area contributed by atoms with E-state index in [0.717, 1.165) is 24.4 Å². The van der Waals surface area contributed by atoms with Crippen LogP contribution in [0.5, 0.6) is 0 Å². The lowest BCUT2D eigenvalue weighted by molar-refractivity contribution is 1.13. The van der Waals surface area contributed by atoms with Gasteiger partial charge >= 0.3 is 0 Å². The Labute approximate surface area is 127 Å². The number of aromatic nitrogens is 3. The molecule has 19 heavy (non-hydrogen) atoms. The fraction of sp³-hybridized carbons (Fsp3) is 0. The van der Waals surface area contributed by atoms with Gasteiger partial charge in [0.15, 0.2) is 0 Å². The summed E-state index contributed by atoms with van der Waals surface area (Å²) < 4.78 is 1.95. The summed E-state index contributed by atoms with van der Waals surface area (Å²) in [5, 5.41) is 1.92. The molecule has 0 aliphatic carbocycles. The number of hydrogen-bond donors (Lipinski definition) is 0. The molecule has 6 heteroatoms. The average Bonchev–Trinajstić information content (AvgIpc) is 2.82. The van der Waals surface area contributed by atoms with Gasteiger partial charge in [-0.3, -0.25) is 4.98 Å². The predicted octanol–water partition coefficient (Wildman–Crippen LogP) is 4.51. The third-order valence-corrected chi connectivity index (χ3v) is 5.63. The fourth-order valence-electron chi connectivity index (χ4n) is 1.47. The maximum absolute atomic E-state index is 4.52.